The molecule has 0 atom stereocenters. The van der Waals surface area contributed by atoms with Crippen molar-refractivity contribution in [3.05, 3.63) is 32.2 Å². The highest BCUT2D eigenvalue weighted by molar-refractivity contribution is 14.1. The van der Waals surface area contributed by atoms with Gasteiger partial charge in [0.15, 0.2) is 5.82 Å². The summed E-state index contributed by atoms with van der Waals surface area (Å²) >= 11 is 5.03. The SMILES string of the molecule is Fc1ncc2cc(I)c(Br)c(F)c2n1. The van der Waals surface area contributed by atoms with Gasteiger partial charge in [-0.2, -0.15) is 9.37 Å². The number of benzene rings is 1. The van der Waals surface area contributed by atoms with Crippen LogP contribution in [0.15, 0.2) is 16.7 Å². The minimum Gasteiger partial charge on any atom is -0.210 e. The molecular formula is C8H2BrF2IN2. The van der Waals surface area contributed by atoms with Crippen molar-refractivity contribution in [2.75, 3.05) is 0 Å². The van der Waals surface area contributed by atoms with Gasteiger partial charge in [-0.05, 0) is 44.6 Å². The van der Waals surface area contributed by atoms with E-state index in [1.54, 1.807) is 6.07 Å². The second-order valence-corrected chi connectivity index (χ2v) is 4.52. The maximum Gasteiger partial charge on any atom is 0.309 e. The standard InChI is InChI=1S/C8H2BrF2IN2/c9-5-4(12)1-3-2-13-8(11)14-7(3)6(5)10/h1-2H. The van der Waals surface area contributed by atoms with Gasteiger partial charge in [-0.1, -0.05) is 0 Å². The third kappa shape index (κ3) is 1.60. The van der Waals surface area contributed by atoms with Crippen LogP contribution >= 0.6 is 38.5 Å². The zero-order valence-electron chi connectivity index (χ0n) is 6.56. The molecule has 1 heterocycles. The third-order valence-corrected chi connectivity index (χ3v) is 4.05. The quantitative estimate of drug-likeness (QED) is 0.404. The Kier molecular flexibility index (Phi) is 2.65. The van der Waals surface area contributed by atoms with E-state index in [0.717, 1.165) is 0 Å². The van der Waals surface area contributed by atoms with Crippen LogP contribution in [0.5, 0.6) is 0 Å². The maximum absolute atomic E-state index is 13.5. The monoisotopic (exact) mass is 370 g/mol. The van der Waals surface area contributed by atoms with Gasteiger partial charge in [0.1, 0.15) is 5.52 Å². The number of rotatable bonds is 0. The summed E-state index contributed by atoms with van der Waals surface area (Å²) in [6.07, 6.45) is 0.333. The van der Waals surface area contributed by atoms with E-state index in [9.17, 15) is 8.78 Å². The number of hydrogen-bond donors (Lipinski definition) is 0. The molecule has 0 spiro atoms. The molecule has 0 aliphatic heterocycles. The van der Waals surface area contributed by atoms with Crippen molar-refractivity contribution >= 4 is 49.4 Å². The molecule has 0 fully saturated rings. The molecule has 1 aromatic carbocycles. The Morgan fingerprint density at radius 3 is 2.79 bits per heavy atom. The molecule has 0 N–H and O–H groups in total. The fourth-order valence-corrected chi connectivity index (χ4v) is 1.93. The predicted molar refractivity (Wildman–Crippen MR) is 59.9 cm³/mol. The zero-order chi connectivity index (χ0) is 10.3. The molecule has 1 aromatic heterocycles. The summed E-state index contributed by atoms with van der Waals surface area (Å²) in [4.78, 5) is 6.75. The lowest BCUT2D eigenvalue weighted by Crippen LogP contribution is -1.94. The second-order valence-electron chi connectivity index (χ2n) is 2.56. The van der Waals surface area contributed by atoms with Gasteiger partial charge < -0.3 is 0 Å². The van der Waals surface area contributed by atoms with Gasteiger partial charge in [-0.25, -0.2) is 9.37 Å². The van der Waals surface area contributed by atoms with E-state index in [2.05, 4.69) is 25.9 Å². The largest absolute Gasteiger partial charge is 0.309 e. The summed E-state index contributed by atoms with van der Waals surface area (Å²) in [5.41, 5.74) is -0.00945. The highest BCUT2D eigenvalue weighted by Gasteiger charge is 2.11. The van der Waals surface area contributed by atoms with Crippen LogP contribution in [0.25, 0.3) is 10.9 Å². The number of hydrogen-bond acceptors (Lipinski definition) is 2. The maximum atomic E-state index is 13.5. The van der Waals surface area contributed by atoms with Crippen LogP contribution in [-0.4, -0.2) is 9.97 Å². The van der Waals surface area contributed by atoms with Gasteiger partial charge in [0, 0.05) is 15.2 Å². The molecule has 0 aliphatic rings. The van der Waals surface area contributed by atoms with Gasteiger partial charge in [-0.3, -0.25) is 0 Å². The first-order chi connectivity index (χ1) is 6.59. The van der Waals surface area contributed by atoms with E-state index >= 15 is 0 Å². The molecule has 14 heavy (non-hydrogen) atoms. The first kappa shape index (κ1) is 10.2. The molecule has 0 amide bonds. The summed E-state index contributed by atoms with van der Waals surface area (Å²) in [6.45, 7) is 0. The normalized spacial score (nSPS) is 10.9. The van der Waals surface area contributed by atoms with E-state index in [4.69, 9.17) is 0 Å². The first-order valence-corrected chi connectivity index (χ1v) is 5.42. The van der Waals surface area contributed by atoms with Crippen LogP contribution in [0, 0.1) is 15.5 Å². The van der Waals surface area contributed by atoms with Gasteiger partial charge in [0.05, 0.1) is 4.47 Å². The van der Waals surface area contributed by atoms with Gasteiger partial charge in [0.2, 0.25) is 0 Å². The molecule has 2 nitrogen and oxygen atoms in total. The lowest BCUT2D eigenvalue weighted by atomic mass is 10.2. The minimum atomic E-state index is -0.926. The Balaban J connectivity index is 2.92. The van der Waals surface area contributed by atoms with Crippen LogP contribution in [0.1, 0.15) is 0 Å². The Morgan fingerprint density at radius 1 is 1.36 bits per heavy atom. The third-order valence-electron chi connectivity index (χ3n) is 1.68. The summed E-state index contributed by atoms with van der Waals surface area (Å²) in [5, 5.41) is 0.483. The Hall–Kier alpha value is -0.370. The highest BCUT2D eigenvalue weighted by Crippen LogP contribution is 2.28. The topological polar surface area (TPSA) is 25.8 Å². The number of aromatic nitrogens is 2. The van der Waals surface area contributed by atoms with Crippen LogP contribution < -0.4 is 0 Å². The molecule has 0 bridgehead atoms. The predicted octanol–water partition coefficient (Wildman–Crippen LogP) is 3.28. The fraction of sp³-hybridized carbons (Fsp3) is 0. The van der Waals surface area contributed by atoms with Gasteiger partial charge >= 0.3 is 6.08 Å². The van der Waals surface area contributed by atoms with Gasteiger partial charge in [0.25, 0.3) is 0 Å². The van der Waals surface area contributed by atoms with Crippen LogP contribution in [0.2, 0.25) is 0 Å². The Bertz CT molecular complexity index is 518. The summed E-state index contributed by atoms with van der Waals surface area (Å²) in [5.74, 6) is -0.562. The number of halogens is 4. The first-order valence-electron chi connectivity index (χ1n) is 3.55. The smallest absolute Gasteiger partial charge is 0.210 e. The van der Waals surface area contributed by atoms with E-state index in [-0.39, 0.29) is 5.52 Å². The minimum absolute atomic E-state index is 0.00945. The molecule has 0 unspecified atom stereocenters. The van der Waals surface area contributed by atoms with Crippen LogP contribution in [-0.2, 0) is 0 Å². The van der Waals surface area contributed by atoms with Gasteiger partial charge in [-0.15, -0.1) is 0 Å². The van der Waals surface area contributed by atoms with Crippen LogP contribution in [0.4, 0.5) is 8.78 Å². The summed E-state index contributed by atoms with van der Waals surface area (Å²) in [7, 11) is 0. The van der Waals surface area contributed by atoms with Crippen molar-refractivity contribution in [3.8, 4) is 0 Å². The van der Waals surface area contributed by atoms with E-state index in [1.165, 1.54) is 6.20 Å². The lowest BCUT2D eigenvalue weighted by molar-refractivity contribution is 0.539. The Morgan fingerprint density at radius 2 is 2.07 bits per heavy atom. The fourth-order valence-electron chi connectivity index (χ4n) is 1.06. The molecule has 6 heteroatoms. The highest BCUT2D eigenvalue weighted by atomic mass is 127. The molecule has 2 rings (SSSR count). The number of fused-ring (bicyclic) bond motifs is 1. The molecule has 0 saturated carbocycles. The average molecular weight is 371 g/mol. The van der Waals surface area contributed by atoms with E-state index in [1.807, 2.05) is 22.6 Å². The molecule has 2 aromatic rings. The molecule has 0 saturated heterocycles. The average Bonchev–Trinajstić information content (AvgIpc) is 2.16. The lowest BCUT2D eigenvalue weighted by Gasteiger charge is -2.02. The van der Waals surface area contributed by atoms with Crippen molar-refractivity contribution in [1.82, 2.24) is 9.97 Å². The van der Waals surface area contributed by atoms with Crippen molar-refractivity contribution in [3.63, 3.8) is 0 Å². The summed E-state index contributed by atoms with van der Waals surface area (Å²) < 4.78 is 27.2. The van der Waals surface area contributed by atoms with Crippen molar-refractivity contribution in [2.24, 2.45) is 0 Å². The molecule has 0 radical (unpaired) electrons. The molecule has 72 valence electrons. The molecular weight excluding hydrogens is 369 g/mol. The zero-order valence-corrected chi connectivity index (χ0v) is 10.3. The van der Waals surface area contributed by atoms with Crippen molar-refractivity contribution in [1.29, 1.82) is 0 Å². The Labute approximate surface area is 100 Å². The van der Waals surface area contributed by atoms with E-state index < -0.39 is 11.9 Å². The number of nitrogens with zero attached hydrogens (tertiary/aromatic N) is 2. The summed E-state index contributed by atoms with van der Waals surface area (Å²) in [6, 6.07) is 1.68. The van der Waals surface area contributed by atoms with E-state index in [0.29, 0.717) is 13.4 Å². The van der Waals surface area contributed by atoms with Crippen LogP contribution in [0.3, 0.4) is 0 Å². The second kappa shape index (κ2) is 3.65. The van der Waals surface area contributed by atoms with Crippen molar-refractivity contribution in [2.45, 2.75) is 0 Å². The molecule has 0 aliphatic carbocycles. The van der Waals surface area contributed by atoms with Crippen molar-refractivity contribution < 1.29 is 8.78 Å².